The first-order valence-corrected chi connectivity index (χ1v) is 8.07. The Morgan fingerprint density at radius 2 is 1.86 bits per heavy atom. The van der Waals surface area contributed by atoms with Crippen LogP contribution in [0.5, 0.6) is 11.5 Å². The summed E-state index contributed by atoms with van der Waals surface area (Å²) in [6.07, 6.45) is 1.70. The van der Waals surface area contributed by atoms with Gasteiger partial charge in [-0.25, -0.2) is 0 Å². The van der Waals surface area contributed by atoms with Crippen LogP contribution in [0.25, 0.3) is 6.08 Å². The number of amides is 2. The van der Waals surface area contributed by atoms with E-state index in [9.17, 15) is 9.59 Å². The van der Waals surface area contributed by atoms with Gasteiger partial charge in [0.05, 0.1) is 18.1 Å². The van der Waals surface area contributed by atoms with Gasteiger partial charge in [0.1, 0.15) is 11.5 Å². The molecule has 22 heavy (non-hydrogen) atoms. The van der Waals surface area contributed by atoms with Crippen LogP contribution in [0.3, 0.4) is 0 Å². The lowest BCUT2D eigenvalue weighted by molar-refractivity contribution is -0.122. The van der Waals surface area contributed by atoms with Crippen LogP contribution >= 0.6 is 11.8 Å². The summed E-state index contributed by atoms with van der Waals surface area (Å²) in [6.45, 7) is 7.04. The second-order valence-electron chi connectivity index (χ2n) is 4.49. The molecule has 0 atom stereocenters. The summed E-state index contributed by atoms with van der Waals surface area (Å²) in [4.78, 5) is 25.5. The van der Waals surface area contributed by atoms with Crippen LogP contribution in [0, 0.1) is 0 Å². The van der Waals surface area contributed by atoms with E-state index in [1.165, 1.54) is 4.90 Å². The summed E-state index contributed by atoms with van der Waals surface area (Å²) in [6, 6.07) is 5.45. The van der Waals surface area contributed by atoms with Crippen LogP contribution < -0.4 is 9.47 Å². The number of carbonyl (C=O) groups excluding carboxylic acids is 2. The van der Waals surface area contributed by atoms with Gasteiger partial charge in [-0.2, -0.15) is 0 Å². The Morgan fingerprint density at radius 1 is 1.14 bits per heavy atom. The maximum Gasteiger partial charge on any atom is 0.293 e. The van der Waals surface area contributed by atoms with Crippen molar-refractivity contribution >= 4 is 29.0 Å². The first-order valence-electron chi connectivity index (χ1n) is 7.25. The van der Waals surface area contributed by atoms with Crippen molar-refractivity contribution in [3.05, 3.63) is 28.7 Å². The monoisotopic (exact) mass is 321 g/mol. The standard InChI is InChI=1S/C16H19NO4S/c1-4-17-15(18)14(22-16(17)19)9-11-7-8-12(20-5-2)10-13(11)21-6-3/h7-10H,4-6H2,1-3H3. The number of hydrogen-bond acceptors (Lipinski definition) is 5. The molecule has 6 heteroatoms. The third-order valence-electron chi connectivity index (χ3n) is 3.07. The lowest BCUT2D eigenvalue weighted by atomic mass is 10.1. The number of ether oxygens (including phenoxy) is 2. The van der Waals surface area contributed by atoms with E-state index in [4.69, 9.17) is 9.47 Å². The molecule has 1 saturated heterocycles. The van der Waals surface area contributed by atoms with Crippen molar-refractivity contribution in [3.8, 4) is 11.5 Å². The molecule has 5 nitrogen and oxygen atoms in total. The molecule has 1 aliphatic heterocycles. The highest BCUT2D eigenvalue weighted by atomic mass is 32.2. The van der Waals surface area contributed by atoms with Gasteiger partial charge in [-0.15, -0.1) is 0 Å². The summed E-state index contributed by atoms with van der Waals surface area (Å²) >= 11 is 0.954. The molecule has 0 bridgehead atoms. The summed E-state index contributed by atoms with van der Waals surface area (Å²) in [5, 5.41) is -0.234. The second-order valence-corrected chi connectivity index (χ2v) is 5.48. The van der Waals surface area contributed by atoms with E-state index in [1.54, 1.807) is 19.1 Å². The minimum atomic E-state index is -0.256. The van der Waals surface area contributed by atoms with Gasteiger partial charge >= 0.3 is 0 Å². The molecule has 1 aromatic carbocycles. The van der Waals surface area contributed by atoms with E-state index in [0.717, 1.165) is 17.3 Å². The van der Waals surface area contributed by atoms with Crippen molar-refractivity contribution in [1.29, 1.82) is 0 Å². The van der Waals surface area contributed by atoms with Gasteiger partial charge in [0.25, 0.3) is 11.1 Å². The van der Waals surface area contributed by atoms with Gasteiger partial charge in [-0.3, -0.25) is 14.5 Å². The van der Waals surface area contributed by atoms with Crippen molar-refractivity contribution in [2.45, 2.75) is 20.8 Å². The molecular weight excluding hydrogens is 302 g/mol. The van der Waals surface area contributed by atoms with Gasteiger partial charge in [0.15, 0.2) is 0 Å². The first-order chi connectivity index (χ1) is 10.6. The number of carbonyl (C=O) groups is 2. The highest BCUT2D eigenvalue weighted by Crippen LogP contribution is 2.34. The Balaban J connectivity index is 2.34. The van der Waals surface area contributed by atoms with E-state index in [-0.39, 0.29) is 11.1 Å². The van der Waals surface area contributed by atoms with E-state index >= 15 is 0 Å². The predicted octanol–water partition coefficient (Wildman–Crippen LogP) is 3.54. The third-order valence-corrected chi connectivity index (χ3v) is 3.98. The normalized spacial score (nSPS) is 16.5. The fraction of sp³-hybridized carbons (Fsp3) is 0.375. The van der Waals surface area contributed by atoms with Crippen LogP contribution in [-0.4, -0.2) is 35.8 Å². The van der Waals surface area contributed by atoms with Gasteiger partial charge in [0.2, 0.25) is 0 Å². The van der Waals surface area contributed by atoms with Crippen molar-refractivity contribution in [2.75, 3.05) is 19.8 Å². The average Bonchev–Trinajstić information content (AvgIpc) is 2.76. The number of thioether (sulfide) groups is 1. The number of nitrogens with zero attached hydrogens (tertiary/aromatic N) is 1. The Kier molecular flexibility index (Phi) is 5.49. The Morgan fingerprint density at radius 3 is 2.45 bits per heavy atom. The van der Waals surface area contributed by atoms with Crippen molar-refractivity contribution < 1.29 is 19.1 Å². The fourth-order valence-corrected chi connectivity index (χ4v) is 2.98. The number of benzene rings is 1. The molecule has 1 aromatic rings. The van der Waals surface area contributed by atoms with E-state index < -0.39 is 0 Å². The van der Waals surface area contributed by atoms with Gasteiger partial charge in [-0.05, 0) is 50.7 Å². The first kappa shape index (κ1) is 16.4. The second kappa shape index (κ2) is 7.35. The molecule has 1 heterocycles. The summed E-state index contributed by atoms with van der Waals surface area (Å²) < 4.78 is 11.1. The lowest BCUT2D eigenvalue weighted by Gasteiger charge is -2.11. The largest absolute Gasteiger partial charge is 0.494 e. The number of hydrogen-bond donors (Lipinski definition) is 0. The SMILES string of the molecule is CCOc1ccc(C=C2SC(=O)N(CC)C2=O)c(OCC)c1. The van der Waals surface area contributed by atoms with Crippen LogP contribution in [0.1, 0.15) is 26.3 Å². The predicted molar refractivity (Wildman–Crippen MR) is 87.1 cm³/mol. The zero-order valence-electron chi connectivity index (χ0n) is 12.9. The van der Waals surface area contributed by atoms with E-state index in [0.29, 0.717) is 36.2 Å². The summed E-state index contributed by atoms with van der Waals surface area (Å²) in [5.41, 5.74) is 0.756. The number of imide groups is 1. The van der Waals surface area contributed by atoms with E-state index in [2.05, 4.69) is 0 Å². The highest BCUT2D eigenvalue weighted by molar-refractivity contribution is 8.18. The van der Waals surface area contributed by atoms with Crippen LogP contribution in [0.2, 0.25) is 0 Å². The lowest BCUT2D eigenvalue weighted by Crippen LogP contribution is -2.27. The smallest absolute Gasteiger partial charge is 0.293 e. The fourth-order valence-electron chi connectivity index (χ4n) is 2.08. The molecule has 0 N–H and O–H groups in total. The van der Waals surface area contributed by atoms with Crippen molar-refractivity contribution in [3.63, 3.8) is 0 Å². The maximum atomic E-state index is 12.1. The molecule has 0 spiro atoms. The molecule has 0 aliphatic carbocycles. The van der Waals surface area contributed by atoms with Crippen LogP contribution in [0.4, 0.5) is 4.79 Å². The van der Waals surface area contributed by atoms with E-state index in [1.807, 2.05) is 26.0 Å². The van der Waals surface area contributed by atoms with Crippen molar-refractivity contribution in [2.24, 2.45) is 0 Å². The molecule has 2 rings (SSSR count). The minimum Gasteiger partial charge on any atom is -0.494 e. The van der Waals surface area contributed by atoms with Gasteiger partial charge in [0, 0.05) is 18.2 Å². The molecule has 118 valence electrons. The Hall–Kier alpha value is -1.95. The quantitative estimate of drug-likeness (QED) is 0.750. The highest BCUT2D eigenvalue weighted by Gasteiger charge is 2.33. The molecule has 0 radical (unpaired) electrons. The molecule has 0 unspecified atom stereocenters. The minimum absolute atomic E-state index is 0.234. The van der Waals surface area contributed by atoms with Gasteiger partial charge in [-0.1, -0.05) is 0 Å². The van der Waals surface area contributed by atoms with Crippen LogP contribution in [-0.2, 0) is 4.79 Å². The van der Waals surface area contributed by atoms with Crippen molar-refractivity contribution in [1.82, 2.24) is 4.90 Å². The molecule has 1 fully saturated rings. The zero-order chi connectivity index (χ0) is 16.1. The maximum absolute atomic E-state index is 12.1. The van der Waals surface area contributed by atoms with Crippen LogP contribution in [0.15, 0.2) is 23.1 Å². The average molecular weight is 321 g/mol. The third kappa shape index (κ3) is 3.44. The Bertz CT molecular complexity index is 612. The molecule has 1 aliphatic rings. The molecular formula is C16H19NO4S. The Labute approximate surface area is 134 Å². The molecule has 2 amide bonds. The number of rotatable bonds is 6. The topological polar surface area (TPSA) is 55.8 Å². The summed E-state index contributed by atoms with van der Waals surface area (Å²) in [5.74, 6) is 1.09. The summed E-state index contributed by atoms with van der Waals surface area (Å²) in [7, 11) is 0. The van der Waals surface area contributed by atoms with Gasteiger partial charge < -0.3 is 9.47 Å². The molecule has 0 aromatic heterocycles. The molecule has 0 saturated carbocycles. The number of likely N-dealkylation sites (N-methyl/N-ethyl adjacent to an activating group) is 1. The zero-order valence-corrected chi connectivity index (χ0v) is 13.7.